The molecule has 0 saturated carbocycles. The van der Waals surface area contributed by atoms with Gasteiger partial charge in [-0.2, -0.15) is 0 Å². The Hall–Kier alpha value is -1.64. The minimum absolute atomic E-state index is 0.0428. The lowest BCUT2D eigenvalue weighted by Gasteiger charge is -2.38. The molecule has 1 unspecified atom stereocenters. The van der Waals surface area contributed by atoms with Crippen molar-refractivity contribution in [2.45, 2.75) is 85.6 Å². The van der Waals surface area contributed by atoms with Gasteiger partial charge in [-0.15, -0.1) is 0 Å². The van der Waals surface area contributed by atoms with Gasteiger partial charge in [0.2, 0.25) is 0 Å². The predicted molar refractivity (Wildman–Crippen MR) is 137 cm³/mol. The molecule has 4 atom stereocenters. The van der Waals surface area contributed by atoms with Crippen LogP contribution < -0.4 is 0 Å². The van der Waals surface area contributed by atoms with Gasteiger partial charge in [-0.05, 0) is 73.6 Å². The molecule has 0 N–H and O–H groups in total. The van der Waals surface area contributed by atoms with E-state index in [1.807, 2.05) is 101 Å². The second kappa shape index (κ2) is 11.7. The van der Waals surface area contributed by atoms with Gasteiger partial charge in [0.05, 0.1) is 12.0 Å². The van der Waals surface area contributed by atoms with Crippen LogP contribution in [0.25, 0.3) is 0 Å². The lowest BCUT2D eigenvalue weighted by molar-refractivity contribution is -0.147. The SMILES string of the molecule is CC(C)C(C[C@@H]([C@H]1C[C@@H](C(C)C)C(=O)O1)N(Cc1ccccc1)C(=O)OC(C)(C)C)C(=O)I. The molecule has 1 aliphatic rings. The zero-order chi connectivity index (χ0) is 24.9. The molecule has 33 heavy (non-hydrogen) atoms. The molecule has 184 valence electrons. The number of rotatable bonds is 9. The summed E-state index contributed by atoms with van der Waals surface area (Å²) in [5.41, 5.74) is 0.264. The number of esters is 1. The van der Waals surface area contributed by atoms with Crippen molar-refractivity contribution in [1.29, 1.82) is 0 Å². The third-order valence-corrected chi connectivity index (χ3v) is 6.91. The highest BCUT2D eigenvalue weighted by Crippen LogP contribution is 2.36. The Balaban J connectivity index is 2.49. The van der Waals surface area contributed by atoms with Crippen LogP contribution in [0.4, 0.5) is 4.79 Å². The first-order chi connectivity index (χ1) is 15.3. The summed E-state index contributed by atoms with van der Waals surface area (Å²) in [4.78, 5) is 40.3. The topological polar surface area (TPSA) is 72.9 Å². The van der Waals surface area contributed by atoms with Crippen LogP contribution in [0.15, 0.2) is 30.3 Å². The summed E-state index contributed by atoms with van der Waals surface area (Å²) in [6, 6.07) is 9.21. The fourth-order valence-electron chi connectivity index (χ4n) is 4.20. The van der Waals surface area contributed by atoms with E-state index >= 15 is 0 Å². The van der Waals surface area contributed by atoms with Gasteiger partial charge in [0.25, 0.3) is 0 Å². The van der Waals surface area contributed by atoms with E-state index in [0.29, 0.717) is 19.4 Å². The normalized spacial score (nSPS) is 20.5. The summed E-state index contributed by atoms with van der Waals surface area (Å²) in [5.74, 6) is -0.493. The fourth-order valence-corrected chi connectivity index (χ4v) is 5.17. The molecule has 0 bridgehead atoms. The smallest absolute Gasteiger partial charge is 0.410 e. The number of carbonyl (C=O) groups excluding carboxylic acids is 3. The Morgan fingerprint density at radius 1 is 1.15 bits per heavy atom. The molecule has 1 heterocycles. The van der Waals surface area contributed by atoms with E-state index in [4.69, 9.17) is 9.47 Å². The Morgan fingerprint density at radius 2 is 1.76 bits per heavy atom. The second-order valence-corrected chi connectivity index (χ2v) is 11.7. The van der Waals surface area contributed by atoms with Crippen molar-refractivity contribution >= 4 is 38.4 Å². The van der Waals surface area contributed by atoms with E-state index in [1.54, 1.807) is 4.90 Å². The van der Waals surface area contributed by atoms with Gasteiger partial charge in [0.1, 0.15) is 11.7 Å². The van der Waals surface area contributed by atoms with E-state index < -0.39 is 23.8 Å². The Labute approximate surface area is 211 Å². The maximum absolute atomic E-state index is 13.5. The van der Waals surface area contributed by atoms with Crippen molar-refractivity contribution in [1.82, 2.24) is 4.90 Å². The third kappa shape index (κ3) is 7.97. The zero-order valence-electron chi connectivity index (χ0n) is 20.8. The van der Waals surface area contributed by atoms with Gasteiger partial charge in [0.15, 0.2) is 3.79 Å². The van der Waals surface area contributed by atoms with Crippen LogP contribution in [0.5, 0.6) is 0 Å². The molecule has 1 amide bonds. The van der Waals surface area contributed by atoms with Crippen molar-refractivity contribution in [3.63, 3.8) is 0 Å². The molecule has 1 aromatic rings. The van der Waals surface area contributed by atoms with Gasteiger partial charge < -0.3 is 9.47 Å². The Bertz CT molecular complexity index is 818. The number of hydrogen-bond acceptors (Lipinski definition) is 5. The fraction of sp³-hybridized carbons (Fsp3) is 0.654. The monoisotopic (exact) mass is 571 g/mol. The lowest BCUT2D eigenvalue weighted by Crippen LogP contribution is -2.50. The summed E-state index contributed by atoms with van der Waals surface area (Å²) < 4.78 is 11.7. The van der Waals surface area contributed by atoms with E-state index in [0.717, 1.165) is 5.56 Å². The third-order valence-electron chi connectivity index (χ3n) is 6.11. The van der Waals surface area contributed by atoms with Gasteiger partial charge in [-0.25, -0.2) is 4.79 Å². The van der Waals surface area contributed by atoms with E-state index in [9.17, 15) is 14.4 Å². The molecule has 0 aromatic heterocycles. The lowest BCUT2D eigenvalue weighted by atomic mass is 9.84. The second-order valence-electron chi connectivity index (χ2n) is 10.6. The van der Waals surface area contributed by atoms with E-state index in [2.05, 4.69) is 0 Å². The first-order valence-corrected chi connectivity index (χ1v) is 12.8. The quantitative estimate of drug-likeness (QED) is 0.207. The number of ether oxygens (including phenoxy) is 2. The first-order valence-electron chi connectivity index (χ1n) is 11.7. The van der Waals surface area contributed by atoms with Crippen molar-refractivity contribution in [3.8, 4) is 0 Å². The van der Waals surface area contributed by atoms with Crippen LogP contribution in [-0.2, 0) is 25.6 Å². The number of nitrogens with zero attached hydrogens (tertiary/aromatic N) is 1. The van der Waals surface area contributed by atoms with Gasteiger partial charge in [0, 0.05) is 12.5 Å². The first kappa shape index (κ1) is 27.6. The molecule has 1 aliphatic heterocycles. The highest BCUT2D eigenvalue weighted by Gasteiger charge is 2.45. The van der Waals surface area contributed by atoms with Gasteiger partial charge in [-0.1, -0.05) is 58.0 Å². The van der Waals surface area contributed by atoms with Crippen LogP contribution in [0.1, 0.15) is 66.9 Å². The number of halogens is 1. The highest BCUT2D eigenvalue weighted by molar-refractivity contribution is 14.1. The summed E-state index contributed by atoms with van der Waals surface area (Å²) in [6.07, 6.45) is -0.0222. The van der Waals surface area contributed by atoms with Gasteiger partial charge in [-0.3, -0.25) is 14.5 Å². The largest absolute Gasteiger partial charge is 0.460 e. The van der Waals surface area contributed by atoms with E-state index in [1.165, 1.54) is 0 Å². The summed E-state index contributed by atoms with van der Waals surface area (Å²) in [6.45, 7) is 13.8. The van der Waals surface area contributed by atoms with Crippen LogP contribution in [-0.4, -0.2) is 38.5 Å². The number of benzene rings is 1. The summed E-state index contributed by atoms with van der Waals surface area (Å²) >= 11 is 1.84. The Kier molecular flexibility index (Phi) is 9.76. The van der Waals surface area contributed by atoms with Crippen LogP contribution >= 0.6 is 22.6 Å². The Morgan fingerprint density at radius 3 is 2.21 bits per heavy atom. The van der Waals surface area contributed by atoms with Crippen LogP contribution in [0.3, 0.4) is 0 Å². The predicted octanol–water partition coefficient (Wildman–Crippen LogP) is 6.00. The van der Waals surface area contributed by atoms with Crippen LogP contribution in [0, 0.1) is 23.7 Å². The molecule has 6 nitrogen and oxygen atoms in total. The standard InChI is InChI=1S/C26H38INO5/c1-16(2)19(23(27)29)13-21(22-14-20(17(3)4)24(30)32-22)28(25(31)33-26(5,6)7)15-18-11-9-8-10-12-18/h8-12,16-17,19-22H,13-15H2,1-7H3/t19?,20-,21-,22+/m0/s1. The average molecular weight is 571 g/mol. The molecular formula is C26H38INO5. The molecule has 1 aromatic carbocycles. The van der Waals surface area contributed by atoms with Crippen molar-refractivity contribution in [2.75, 3.05) is 0 Å². The maximum Gasteiger partial charge on any atom is 0.410 e. The van der Waals surface area contributed by atoms with Crippen molar-refractivity contribution in [2.24, 2.45) is 23.7 Å². The molecule has 0 radical (unpaired) electrons. The minimum atomic E-state index is -0.681. The number of cyclic esters (lactones) is 1. The molecule has 1 fully saturated rings. The van der Waals surface area contributed by atoms with Crippen LogP contribution in [0.2, 0.25) is 0 Å². The van der Waals surface area contributed by atoms with Gasteiger partial charge >= 0.3 is 12.1 Å². The number of amides is 1. The summed E-state index contributed by atoms with van der Waals surface area (Å²) in [5, 5.41) is 0. The molecule has 2 rings (SSSR count). The molecule has 0 aliphatic carbocycles. The number of hydrogen-bond donors (Lipinski definition) is 0. The molecule has 7 heteroatoms. The molecule has 0 spiro atoms. The maximum atomic E-state index is 13.5. The summed E-state index contributed by atoms with van der Waals surface area (Å²) in [7, 11) is 0. The van der Waals surface area contributed by atoms with Crippen molar-refractivity contribution in [3.05, 3.63) is 35.9 Å². The van der Waals surface area contributed by atoms with E-state index in [-0.39, 0.29) is 33.4 Å². The molecule has 1 saturated heterocycles. The average Bonchev–Trinajstić information content (AvgIpc) is 3.08. The minimum Gasteiger partial charge on any atom is -0.460 e. The molecular weight excluding hydrogens is 533 g/mol. The van der Waals surface area contributed by atoms with Crippen molar-refractivity contribution < 1.29 is 23.9 Å². The zero-order valence-corrected chi connectivity index (χ0v) is 23.0. The number of carbonyl (C=O) groups is 3. The highest BCUT2D eigenvalue weighted by atomic mass is 127.